The summed E-state index contributed by atoms with van der Waals surface area (Å²) in [5.41, 5.74) is 1.12. The summed E-state index contributed by atoms with van der Waals surface area (Å²) >= 11 is 0. The number of esters is 1. The molecule has 0 aromatic heterocycles. The molecule has 0 radical (unpaired) electrons. The monoisotopic (exact) mass is 223 g/mol. The Balaban J connectivity index is 3.21. The molecule has 1 rings (SSSR count). The van der Waals surface area contributed by atoms with Gasteiger partial charge in [0, 0.05) is 5.56 Å². The first-order valence-corrected chi connectivity index (χ1v) is 4.63. The molecule has 5 heteroatoms. The molecule has 0 spiro atoms. The zero-order chi connectivity index (χ0) is 12.0. The van der Waals surface area contributed by atoms with Gasteiger partial charge in [-0.15, -0.1) is 0 Å². The van der Waals surface area contributed by atoms with Crippen LogP contribution in [0.5, 0.6) is 0 Å². The highest BCUT2D eigenvalue weighted by atomic mass is 16.6. The van der Waals surface area contributed by atoms with Gasteiger partial charge in [-0.2, -0.15) is 0 Å². The number of aliphatic hydroxyl groups excluding tert-OH is 1. The predicted molar refractivity (Wildman–Crippen MR) is 57.9 cm³/mol. The van der Waals surface area contributed by atoms with E-state index in [1.54, 1.807) is 24.3 Å². The average Bonchev–Trinajstić information content (AvgIpc) is 2.35. The maximum atomic E-state index is 11.5. The molecule has 0 aliphatic rings. The molecule has 1 aromatic carbocycles. The molecule has 0 aliphatic carbocycles. The van der Waals surface area contributed by atoms with E-state index in [2.05, 4.69) is 14.7 Å². The van der Waals surface area contributed by atoms with Crippen molar-refractivity contribution in [3.8, 4) is 0 Å². The molecule has 5 nitrogen and oxygen atoms in total. The molecule has 0 saturated heterocycles. The van der Waals surface area contributed by atoms with Gasteiger partial charge in [0.2, 0.25) is 0 Å². The van der Waals surface area contributed by atoms with Gasteiger partial charge in [-0.3, -0.25) is 0 Å². The van der Waals surface area contributed by atoms with Crippen molar-refractivity contribution < 1.29 is 19.5 Å². The van der Waals surface area contributed by atoms with Crippen molar-refractivity contribution in [1.29, 1.82) is 0 Å². The van der Waals surface area contributed by atoms with Crippen molar-refractivity contribution in [3.63, 3.8) is 0 Å². The van der Waals surface area contributed by atoms with Crippen molar-refractivity contribution in [2.24, 2.45) is 5.16 Å². The lowest BCUT2D eigenvalue weighted by molar-refractivity contribution is -0.132. The third-order valence-corrected chi connectivity index (χ3v) is 2.00. The Kier molecular flexibility index (Phi) is 4.47. The summed E-state index contributed by atoms with van der Waals surface area (Å²) in [6.07, 6.45) is 0. The number of methoxy groups -OCH3 is 1. The smallest absolute Gasteiger partial charge is 0.360 e. The van der Waals surface area contributed by atoms with Gasteiger partial charge in [0.1, 0.15) is 7.11 Å². The lowest BCUT2D eigenvalue weighted by Gasteiger charge is -2.07. The molecule has 86 valence electrons. The van der Waals surface area contributed by atoms with E-state index in [0.717, 1.165) is 0 Å². The maximum Gasteiger partial charge on any atom is 0.360 e. The van der Waals surface area contributed by atoms with Crippen LogP contribution in [0.15, 0.2) is 29.4 Å². The van der Waals surface area contributed by atoms with Crippen LogP contribution in [0.25, 0.3) is 0 Å². The molecular formula is C11H13NO4. The summed E-state index contributed by atoms with van der Waals surface area (Å²) in [6, 6.07) is 6.86. The van der Waals surface area contributed by atoms with Gasteiger partial charge in [-0.05, 0) is 5.56 Å². The van der Waals surface area contributed by atoms with Crippen molar-refractivity contribution in [2.75, 3.05) is 14.2 Å². The molecule has 0 unspecified atom stereocenters. The summed E-state index contributed by atoms with van der Waals surface area (Å²) in [5.74, 6) is -0.609. The second-order valence-corrected chi connectivity index (χ2v) is 2.93. The molecule has 0 saturated carbocycles. The molecule has 0 heterocycles. The number of carbonyl (C=O) groups is 1. The minimum absolute atomic E-state index is 0.0367. The van der Waals surface area contributed by atoms with E-state index in [4.69, 9.17) is 5.11 Å². The normalized spacial score (nSPS) is 11.1. The van der Waals surface area contributed by atoms with Gasteiger partial charge < -0.3 is 14.7 Å². The Hall–Kier alpha value is -1.88. The number of oxime groups is 1. The van der Waals surface area contributed by atoms with Crippen molar-refractivity contribution in [1.82, 2.24) is 0 Å². The summed E-state index contributed by atoms with van der Waals surface area (Å²) in [4.78, 5) is 16.0. The standard InChI is InChI=1S/C11H13NO4/c1-15-11(14)10(12-16-2)9-6-4-3-5-8(9)7-13/h3-6,13H,7H2,1-2H3/b12-10+. The number of nitrogens with zero attached hydrogens (tertiary/aromatic N) is 1. The van der Waals surface area contributed by atoms with E-state index < -0.39 is 5.97 Å². The van der Waals surface area contributed by atoms with Crippen LogP contribution >= 0.6 is 0 Å². The van der Waals surface area contributed by atoms with E-state index >= 15 is 0 Å². The SMILES string of the molecule is CO/N=C(/C(=O)OC)c1ccccc1CO. The minimum Gasteiger partial charge on any atom is -0.464 e. The number of benzene rings is 1. The Morgan fingerprint density at radius 2 is 2.06 bits per heavy atom. The number of hydrogen-bond donors (Lipinski definition) is 1. The molecule has 16 heavy (non-hydrogen) atoms. The fourth-order valence-electron chi connectivity index (χ4n) is 1.27. The number of aliphatic hydroxyl groups is 1. The summed E-state index contributed by atoms with van der Waals surface area (Å²) < 4.78 is 4.59. The largest absolute Gasteiger partial charge is 0.464 e. The molecule has 0 atom stereocenters. The van der Waals surface area contributed by atoms with E-state index in [-0.39, 0.29) is 12.3 Å². The topological polar surface area (TPSA) is 68.1 Å². The Labute approximate surface area is 93.3 Å². The number of rotatable bonds is 4. The number of carbonyl (C=O) groups excluding carboxylic acids is 1. The quantitative estimate of drug-likeness (QED) is 0.463. The van der Waals surface area contributed by atoms with Gasteiger partial charge in [0.25, 0.3) is 0 Å². The molecule has 0 aliphatic heterocycles. The van der Waals surface area contributed by atoms with Crippen LogP contribution < -0.4 is 0 Å². The fourth-order valence-corrected chi connectivity index (χ4v) is 1.27. The van der Waals surface area contributed by atoms with Gasteiger partial charge in [0.15, 0.2) is 5.71 Å². The summed E-state index contributed by atoms with van der Waals surface area (Å²) in [7, 11) is 2.60. The van der Waals surface area contributed by atoms with Crippen molar-refractivity contribution in [3.05, 3.63) is 35.4 Å². The Bertz CT molecular complexity index is 401. The first-order valence-electron chi connectivity index (χ1n) is 4.63. The van der Waals surface area contributed by atoms with Gasteiger partial charge >= 0.3 is 5.97 Å². The second kappa shape index (κ2) is 5.87. The lowest BCUT2D eigenvalue weighted by atomic mass is 10.0. The summed E-state index contributed by atoms with van der Waals surface area (Å²) in [5, 5.41) is 12.7. The van der Waals surface area contributed by atoms with E-state index in [1.165, 1.54) is 14.2 Å². The Morgan fingerprint density at radius 1 is 1.38 bits per heavy atom. The average molecular weight is 223 g/mol. The van der Waals surface area contributed by atoms with E-state index in [1.807, 2.05) is 0 Å². The van der Waals surface area contributed by atoms with Crippen molar-refractivity contribution >= 4 is 11.7 Å². The lowest BCUT2D eigenvalue weighted by Crippen LogP contribution is -2.19. The van der Waals surface area contributed by atoms with Crippen molar-refractivity contribution in [2.45, 2.75) is 6.61 Å². The summed E-state index contributed by atoms with van der Waals surface area (Å²) in [6.45, 7) is -0.185. The predicted octanol–water partition coefficient (Wildman–Crippen LogP) is 0.702. The zero-order valence-corrected chi connectivity index (χ0v) is 9.14. The number of hydrogen-bond acceptors (Lipinski definition) is 5. The molecule has 0 amide bonds. The highest BCUT2D eigenvalue weighted by molar-refractivity contribution is 6.43. The highest BCUT2D eigenvalue weighted by Crippen LogP contribution is 2.11. The molecule has 0 fully saturated rings. The first-order chi connectivity index (χ1) is 7.74. The molecular weight excluding hydrogens is 210 g/mol. The second-order valence-electron chi connectivity index (χ2n) is 2.93. The maximum absolute atomic E-state index is 11.5. The minimum atomic E-state index is -0.609. The molecule has 1 aromatic rings. The van der Waals surface area contributed by atoms with Crippen LogP contribution in [0.1, 0.15) is 11.1 Å². The fraction of sp³-hybridized carbons (Fsp3) is 0.273. The first kappa shape index (κ1) is 12.2. The Morgan fingerprint density at radius 3 is 2.62 bits per heavy atom. The highest BCUT2D eigenvalue weighted by Gasteiger charge is 2.18. The van der Waals surface area contributed by atoms with Crippen LogP contribution in [0.3, 0.4) is 0 Å². The number of ether oxygens (including phenoxy) is 1. The van der Waals surface area contributed by atoms with Gasteiger partial charge in [-0.25, -0.2) is 4.79 Å². The molecule has 1 N–H and O–H groups in total. The van der Waals surface area contributed by atoms with E-state index in [0.29, 0.717) is 11.1 Å². The van der Waals surface area contributed by atoms with E-state index in [9.17, 15) is 4.79 Å². The van der Waals surface area contributed by atoms with Crippen LogP contribution in [-0.4, -0.2) is 31.0 Å². The van der Waals surface area contributed by atoms with Crippen LogP contribution in [0.2, 0.25) is 0 Å². The van der Waals surface area contributed by atoms with Gasteiger partial charge in [0.05, 0.1) is 13.7 Å². The van der Waals surface area contributed by atoms with Crippen LogP contribution in [0, 0.1) is 0 Å². The van der Waals surface area contributed by atoms with Crippen LogP contribution in [0.4, 0.5) is 0 Å². The zero-order valence-electron chi connectivity index (χ0n) is 9.14. The molecule has 0 bridgehead atoms. The third kappa shape index (κ3) is 2.58. The van der Waals surface area contributed by atoms with Crippen LogP contribution in [-0.2, 0) is 21.0 Å². The van der Waals surface area contributed by atoms with Gasteiger partial charge in [-0.1, -0.05) is 29.4 Å². The third-order valence-electron chi connectivity index (χ3n) is 2.00.